The van der Waals surface area contributed by atoms with Gasteiger partial charge in [-0.05, 0) is 63.1 Å². The first kappa shape index (κ1) is 31.6. The number of nitrogens with one attached hydrogen (secondary N) is 2. The monoisotopic (exact) mass is 559 g/mol. The number of aromatic nitrogens is 3. The molecule has 0 saturated heterocycles. The number of nitrogens with zero attached hydrogens (tertiary/aromatic N) is 3. The van der Waals surface area contributed by atoms with Gasteiger partial charge in [0.1, 0.15) is 10.8 Å². The molecule has 0 fully saturated rings. The maximum Gasteiger partial charge on any atom is 0.225 e. The summed E-state index contributed by atoms with van der Waals surface area (Å²) in [6, 6.07) is 12.3. The van der Waals surface area contributed by atoms with E-state index in [-0.39, 0.29) is 6.61 Å². The summed E-state index contributed by atoms with van der Waals surface area (Å²) >= 11 is 3.37. The quantitative estimate of drug-likeness (QED) is 0.113. The van der Waals surface area contributed by atoms with E-state index >= 15 is 0 Å². The Morgan fingerprint density at radius 3 is 2.34 bits per heavy atom. The Morgan fingerprint density at radius 1 is 1.00 bits per heavy atom. The molecule has 4 aromatic rings. The summed E-state index contributed by atoms with van der Waals surface area (Å²) < 4.78 is 1.15. The average molecular weight is 560 g/mol. The van der Waals surface area contributed by atoms with Crippen LogP contribution in [0.5, 0.6) is 0 Å². The molecule has 3 aromatic heterocycles. The van der Waals surface area contributed by atoms with Crippen LogP contribution in [0.2, 0.25) is 0 Å². The summed E-state index contributed by atoms with van der Waals surface area (Å²) in [6.07, 6.45) is 1.93. The van der Waals surface area contributed by atoms with Gasteiger partial charge in [0.2, 0.25) is 5.95 Å². The van der Waals surface area contributed by atoms with Crippen LogP contribution in [-0.4, -0.2) is 49.2 Å². The topological polar surface area (TPSA) is 123 Å². The smallest absolute Gasteiger partial charge is 0.225 e. The fourth-order valence-corrected chi connectivity index (χ4v) is 5.05. The molecule has 3 heterocycles. The summed E-state index contributed by atoms with van der Waals surface area (Å²) in [5.41, 5.74) is 2.84. The average Bonchev–Trinajstić information content (AvgIpc) is 3.55. The lowest BCUT2D eigenvalue weighted by Gasteiger charge is -2.15. The SMILES string of the molecule is CC.CC(C)(O)O.Cc1nc(NCc2cccs2)nc(NCCCC(C)CO)c1-c1nc2ccccc2s1. The third kappa shape index (κ3) is 10.6. The molecule has 0 bridgehead atoms. The minimum absolute atomic E-state index is 0.223. The lowest BCUT2D eigenvalue weighted by molar-refractivity contribution is -0.127. The summed E-state index contributed by atoms with van der Waals surface area (Å²) in [5.74, 6) is 0.222. The van der Waals surface area contributed by atoms with Crippen molar-refractivity contribution in [3.63, 3.8) is 0 Å². The van der Waals surface area contributed by atoms with Crippen molar-refractivity contribution in [1.29, 1.82) is 0 Å². The Labute approximate surface area is 233 Å². The predicted molar refractivity (Wildman–Crippen MR) is 161 cm³/mol. The Morgan fingerprint density at radius 2 is 1.71 bits per heavy atom. The summed E-state index contributed by atoms with van der Waals surface area (Å²) in [5, 5.41) is 35.3. The highest BCUT2D eigenvalue weighted by Crippen LogP contribution is 2.36. The minimum atomic E-state index is -1.50. The number of fused-ring (bicyclic) bond motifs is 1. The second-order valence-corrected chi connectivity index (χ2v) is 11.2. The zero-order valence-electron chi connectivity index (χ0n) is 23.2. The van der Waals surface area contributed by atoms with E-state index in [0.29, 0.717) is 18.4 Å². The van der Waals surface area contributed by atoms with Gasteiger partial charge in [0.25, 0.3) is 0 Å². The van der Waals surface area contributed by atoms with Gasteiger partial charge >= 0.3 is 0 Å². The number of aliphatic hydroxyl groups excluding tert-OH is 1. The number of benzene rings is 1. The van der Waals surface area contributed by atoms with Gasteiger partial charge in [-0.1, -0.05) is 39.0 Å². The molecule has 1 unspecified atom stereocenters. The number of aliphatic hydroxyl groups is 3. The molecule has 5 N–H and O–H groups in total. The van der Waals surface area contributed by atoms with Crippen LogP contribution in [0.1, 0.15) is 58.0 Å². The standard InChI is InChI=1S/C23H27N5OS2.C3H8O2.C2H6/c1-15(14-29)7-5-11-24-21-20(22-27-18-9-3-4-10-19(18)31-22)16(2)26-23(28-21)25-13-17-8-6-12-30-17;1-3(2,4)5;1-2/h3-4,6,8-10,12,15,29H,5,7,11,13-14H2,1-2H3,(H2,24,25,26,28);4-5H,1-2H3;1-2H3. The summed E-state index contributed by atoms with van der Waals surface area (Å²) in [7, 11) is 0. The van der Waals surface area contributed by atoms with Gasteiger partial charge in [0.05, 0.1) is 28.0 Å². The van der Waals surface area contributed by atoms with Gasteiger partial charge in [0, 0.05) is 18.0 Å². The number of para-hydroxylation sites is 1. The van der Waals surface area contributed by atoms with Gasteiger partial charge in [-0.15, -0.1) is 22.7 Å². The van der Waals surface area contributed by atoms with E-state index < -0.39 is 5.79 Å². The molecule has 38 heavy (non-hydrogen) atoms. The van der Waals surface area contributed by atoms with Crippen LogP contribution in [-0.2, 0) is 6.54 Å². The molecule has 1 atom stereocenters. The van der Waals surface area contributed by atoms with Gasteiger partial charge in [0.15, 0.2) is 5.79 Å². The van der Waals surface area contributed by atoms with Crippen molar-refractivity contribution in [1.82, 2.24) is 15.0 Å². The predicted octanol–water partition coefficient (Wildman–Crippen LogP) is 6.29. The first-order valence-corrected chi connectivity index (χ1v) is 14.6. The van der Waals surface area contributed by atoms with Crippen LogP contribution in [0.15, 0.2) is 41.8 Å². The van der Waals surface area contributed by atoms with E-state index in [4.69, 9.17) is 25.2 Å². The van der Waals surface area contributed by atoms with E-state index in [0.717, 1.165) is 51.7 Å². The maximum atomic E-state index is 9.27. The second kappa shape index (κ2) is 15.7. The maximum absolute atomic E-state index is 9.27. The number of rotatable bonds is 10. The van der Waals surface area contributed by atoms with Crippen LogP contribution >= 0.6 is 22.7 Å². The van der Waals surface area contributed by atoms with Crippen molar-refractivity contribution in [3.05, 3.63) is 52.3 Å². The van der Waals surface area contributed by atoms with E-state index in [1.807, 2.05) is 45.0 Å². The minimum Gasteiger partial charge on any atom is -0.396 e. The van der Waals surface area contributed by atoms with Crippen molar-refractivity contribution >= 4 is 44.7 Å². The molecule has 208 valence electrons. The zero-order valence-corrected chi connectivity index (χ0v) is 24.8. The molecule has 1 aromatic carbocycles. The molecule has 0 radical (unpaired) electrons. The van der Waals surface area contributed by atoms with E-state index in [9.17, 15) is 5.11 Å². The fraction of sp³-hybridized carbons (Fsp3) is 0.464. The lowest BCUT2D eigenvalue weighted by Crippen LogP contribution is -2.15. The highest BCUT2D eigenvalue weighted by Gasteiger charge is 2.18. The Balaban J connectivity index is 0.000000651. The van der Waals surface area contributed by atoms with E-state index in [2.05, 4.69) is 35.1 Å². The van der Waals surface area contributed by atoms with Crippen LogP contribution in [0.25, 0.3) is 20.8 Å². The molecule has 0 aliphatic heterocycles. The third-order valence-corrected chi connectivity index (χ3v) is 7.01. The van der Waals surface area contributed by atoms with Gasteiger partial charge in [-0.25, -0.2) is 9.97 Å². The van der Waals surface area contributed by atoms with Crippen LogP contribution in [0.3, 0.4) is 0 Å². The Bertz CT molecular complexity index is 1180. The lowest BCUT2D eigenvalue weighted by atomic mass is 10.1. The highest BCUT2D eigenvalue weighted by molar-refractivity contribution is 7.21. The van der Waals surface area contributed by atoms with E-state index in [1.54, 1.807) is 22.7 Å². The first-order chi connectivity index (χ1) is 18.1. The Kier molecular flexibility index (Phi) is 13.1. The van der Waals surface area contributed by atoms with Crippen molar-refractivity contribution < 1.29 is 15.3 Å². The highest BCUT2D eigenvalue weighted by atomic mass is 32.1. The molecule has 10 heteroatoms. The van der Waals surface area contributed by atoms with Gasteiger partial charge < -0.3 is 26.0 Å². The molecular weight excluding hydrogens is 518 g/mol. The molecule has 0 aliphatic carbocycles. The number of hydrogen-bond acceptors (Lipinski definition) is 10. The number of anilines is 2. The largest absolute Gasteiger partial charge is 0.396 e. The zero-order chi connectivity index (χ0) is 28.1. The molecular formula is C28H41N5O3S2. The first-order valence-electron chi connectivity index (χ1n) is 12.9. The molecule has 0 saturated carbocycles. The van der Waals surface area contributed by atoms with Gasteiger partial charge in [-0.2, -0.15) is 4.98 Å². The number of thiazole rings is 1. The van der Waals surface area contributed by atoms with Crippen LogP contribution in [0.4, 0.5) is 11.8 Å². The summed E-state index contributed by atoms with van der Waals surface area (Å²) in [4.78, 5) is 15.6. The fourth-order valence-electron chi connectivity index (χ4n) is 3.34. The number of hydrogen-bond donors (Lipinski definition) is 5. The van der Waals surface area contributed by atoms with Crippen LogP contribution in [0, 0.1) is 12.8 Å². The second-order valence-electron chi connectivity index (χ2n) is 9.13. The van der Waals surface area contributed by atoms with Crippen molar-refractivity contribution in [2.24, 2.45) is 5.92 Å². The molecule has 0 aliphatic rings. The van der Waals surface area contributed by atoms with E-state index in [1.165, 1.54) is 18.7 Å². The normalized spacial score (nSPS) is 11.7. The number of aryl methyl sites for hydroxylation is 1. The van der Waals surface area contributed by atoms with Crippen molar-refractivity contribution in [2.45, 2.75) is 66.7 Å². The van der Waals surface area contributed by atoms with Crippen molar-refractivity contribution in [3.8, 4) is 10.6 Å². The van der Waals surface area contributed by atoms with Gasteiger partial charge in [-0.3, -0.25) is 0 Å². The summed E-state index contributed by atoms with van der Waals surface area (Å²) in [6.45, 7) is 12.4. The molecule has 8 nitrogen and oxygen atoms in total. The third-order valence-electron chi connectivity index (χ3n) is 5.08. The van der Waals surface area contributed by atoms with Crippen LogP contribution < -0.4 is 10.6 Å². The molecule has 0 amide bonds. The number of thiophene rings is 1. The molecule has 0 spiro atoms. The van der Waals surface area contributed by atoms with Crippen molar-refractivity contribution in [2.75, 3.05) is 23.8 Å². The Hall–Kier alpha value is -2.63. The molecule has 4 rings (SSSR count).